The lowest BCUT2D eigenvalue weighted by Gasteiger charge is -1.99. The smallest absolute Gasteiger partial charge is 0.227 e. The molecule has 0 spiro atoms. The summed E-state index contributed by atoms with van der Waals surface area (Å²) in [6, 6.07) is 9.52. The van der Waals surface area contributed by atoms with Gasteiger partial charge in [-0.3, -0.25) is 0 Å². The average molecular weight is 396 g/mol. The fourth-order valence-electron chi connectivity index (χ4n) is 2.81. The summed E-state index contributed by atoms with van der Waals surface area (Å²) in [5, 5.41) is 16.3. The fraction of sp³-hybridized carbons (Fsp3) is 0.250. The highest BCUT2D eigenvalue weighted by molar-refractivity contribution is 5.55. The molecule has 0 unspecified atom stereocenters. The van der Waals surface area contributed by atoms with Gasteiger partial charge in [-0.1, -0.05) is 17.3 Å². The fourth-order valence-corrected chi connectivity index (χ4v) is 2.81. The SMILES string of the molecule is Cc1cc(-c2nnn(CCCc3nc(-c4ccc(C)c(F)c4)no3)n2)ccc1F. The molecule has 0 radical (unpaired) electrons. The first-order chi connectivity index (χ1) is 14.0. The summed E-state index contributed by atoms with van der Waals surface area (Å²) in [5.41, 5.74) is 2.37. The van der Waals surface area contributed by atoms with Crippen molar-refractivity contribution in [3.8, 4) is 22.8 Å². The number of aromatic nitrogens is 6. The number of hydrogen-bond donors (Lipinski definition) is 0. The molecule has 0 N–H and O–H groups in total. The minimum Gasteiger partial charge on any atom is -0.339 e. The molecule has 148 valence electrons. The standard InChI is InChI=1S/C20H18F2N6O/c1-12-5-6-15(11-17(12)22)19-23-18(29-26-19)4-3-9-28-25-20(24-27-28)14-7-8-16(21)13(2)10-14/h5-8,10-11H,3-4,9H2,1-2H3. The molecule has 2 aromatic carbocycles. The van der Waals surface area contributed by atoms with Gasteiger partial charge in [-0.05, 0) is 60.9 Å². The largest absolute Gasteiger partial charge is 0.339 e. The number of rotatable bonds is 6. The summed E-state index contributed by atoms with van der Waals surface area (Å²) in [4.78, 5) is 5.78. The predicted octanol–water partition coefficient (Wildman–Crippen LogP) is 3.92. The number of nitrogens with zero attached hydrogens (tertiary/aromatic N) is 6. The first-order valence-corrected chi connectivity index (χ1v) is 9.13. The van der Waals surface area contributed by atoms with Crippen molar-refractivity contribution in [2.45, 2.75) is 33.2 Å². The van der Waals surface area contributed by atoms with E-state index >= 15 is 0 Å². The molecule has 0 aliphatic rings. The van der Waals surface area contributed by atoms with Gasteiger partial charge in [0.25, 0.3) is 0 Å². The highest BCUT2D eigenvalue weighted by Gasteiger charge is 2.11. The van der Waals surface area contributed by atoms with Gasteiger partial charge < -0.3 is 4.52 Å². The molecule has 0 aliphatic carbocycles. The molecule has 9 heteroatoms. The van der Waals surface area contributed by atoms with Crippen LogP contribution in [0.3, 0.4) is 0 Å². The zero-order valence-electron chi connectivity index (χ0n) is 15.9. The summed E-state index contributed by atoms with van der Waals surface area (Å²) in [6.45, 7) is 3.89. The summed E-state index contributed by atoms with van der Waals surface area (Å²) in [7, 11) is 0. The van der Waals surface area contributed by atoms with Gasteiger partial charge in [0.1, 0.15) is 11.6 Å². The minimum atomic E-state index is -0.307. The third-order valence-corrected chi connectivity index (χ3v) is 4.52. The zero-order chi connectivity index (χ0) is 20.4. The van der Waals surface area contributed by atoms with E-state index in [1.165, 1.54) is 16.9 Å². The van der Waals surface area contributed by atoms with E-state index in [0.29, 0.717) is 59.2 Å². The number of tetrazole rings is 1. The number of aryl methyl sites for hydroxylation is 4. The topological polar surface area (TPSA) is 82.5 Å². The molecule has 0 bridgehead atoms. The Morgan fingerprint density at radius 2 is 1.72 bits per heavy atom. The van der Waals surface area contributed by atoms with E-state index in [9.17, 15) is 8.78 Å². The van der Waals surface area contributed by atoms with E-state index in [1.54, 1.807) is 38.1 Å². The van der Waals surface area contributed by atoms with E-state index in [1.807, 2.05) is 0 Å². The van der Waals surface area contributed by atoms with Crippen LogP contribution in [0.5, 0.6) is 0 Å². The van der Waals surface area contributed by atoms with Crippen molar-refractivity contribution >= 4 is 0 Å². The zero-order valence-corrected chi connectivity index (χ0v) is 15.9. The monoisotopic (exact) mass is 396 g/mol. The normalized spacial score (nSPS) is 11.2. The van der Waals surface area contributed by atoms with Crippen LogP contribution in [0.4, 0.5) is 8.78 Å². The van der Waals surface area contributed by atoms with Crippen LogP contribution in [0, 0.1) is 25.5 Å². The molecule has 0 amide bonds. The number of benzene rings is 2. The van der Waals surface area contributed by atoms with Crippen LogP contribution in [0.2, 0.25) is 0 Å². The lowest BCUT2D eigenvalue weighted by atomic mass is 10.1. The van der Waals surface area contributed by atoms with Gasteiger partial charge in [-0.2, -0.15) is 9.78 Å². The van der Waals surface area contributed by atoms with Crippen LogP contribution in [0.1, 0.15) is 23.4 Å². The Balaban J connectivity index is 1.36. The van der Waals surface area contributed by atoms with Crippen molar-refractivity contribution in [3.05, 3.63) is 65.1 Å². The Hall–Kier alpha value is -3.49. The van der Waals surface area contributed by atoms with Crippen molar-refractivity contribution in [1.82, 2.24) is 30.3 Å². The van der Waals surface area contributed by atoms with E-state index in [-0.39, 0.29) is 11.6 Å². The van der Waals surface area contributed by atoms with Crippen LogP contribution in [0.25, 0.3) is 22.8 Å². The second-order valence-corrected chi connectivity index (χ2v) is 6.75. The van der Waals surface area contributed by atoms with Crippen LogP contribution >= 0.6 is 0 Å². The van der Waals surface area contributed by atoms with Crippen LogP contribution in [-0.4, -0.2) is 30.3 Å². The molecular formula is C20H18F2N6O. The van der Waals surface area contributed by atoms with Crippen molar-refractivity contribution < 1.29 is 13.3 Å². The molecule has 0 saturated carbocycles. The van der Waals surface area contributed by atoms with E-state index < -0.39 is 0 Å². The van der Waals surface area contributed by atoms with Crippen molar-refractivity contribution in [3.63, 3.8) is 0 Å². The lowest BCUT2D eigenvalue weighted by Crippen LogP contribution is -2.04. The van der Waals surface area contributed by atoms with E-state index in [0.717, 1.165) is 0 Å². The Kier molecular flexibility index (Phi) is 5.11. The molecule has 0 saturated heterocycles. The Bertz CT molecular complexity index is 1060. The van der Waals surface area contributed by atoms with Gasteiger partial charge in [0.15, 0.2) is 0 Å². The van der Waals surface area contributed by atoms with Crippen LogP contribution in [-0.2, 0) is 13.0 Å². The van der Waals surface area contributed by atoms with E-state index in [4.69, 9.17) is 4.52 Å². The highest BCUT2D eigenvalue weighted by atomic mass is 19.1. The van der Waals surface area contributed by atoms with Gasteiger partial charge in [0.2, 0.25) is 17.5 Å². The molecule has 0 fully saturated rings. The second-order valence-electron chi connectivity index (χ2n) is 6.75. The molecule has 2 aromatic heterocycles. The lowest BCUT2D eigenvalue weighted by molar-refractivity contribution is 0.368. The number of halogens is 2. The minimum absolute atomic E-state index is 0.270. The summed E-state index contributed by atoms with van der Waals surface area (Å²) in [5.74, 6) is 0.670. The summed E-state index contributed by atoms with van der Waals surface area (Å²) in [6.07, 6.45) is 1.18. The summed E-state index contributed by atoms with van der Waals surface area (Å²) < 4.78 is 32.3. The first-order valence-electron chi connectivity index (χ1n) is 9.13. The van der Waals surface area contributed by atoms with Gasteiger partial charge in [0, 0.05) is 17.5 Å². The van der Waals surface area contributed by atoms with Gasteiger partial charge in [-0.15, -0.1) is 10.2 Å². The first kappa shape index (κ1) is 18.9. The molecule has 2 heterocycles. The highest BCUT2D eigenvalue weighted by Crippen LogP contribution is 2.20. The van der Waals surface area contributed by atoms with E-state index in [2.05, 4.69) is 25.6 Å². The molecule has 29 heavy (non-hydrogen) atoms. The Morgan fingerprint density at radius 3 is 2.52 bits per heavy atom. The maximum absolute atomic E-state index is 13.7. The Morgan fingerprint density at radius 1 is 0.931 bits per heavy atom. The molecular weight excluding hydrogens is 378 g/mol. The van der Waals surface area contributed by atoms with Crippen LogP contribution in [0.15, 0.2) is 40.9 Å². The maximum Gasteiger partial charge on any atom is 0.227 e. The third-order valence-electron chi connectivity index (χ3n) is 4.52. The van der Waals surface area contributed by atoms with Crippen molar-refractivity contribution in [2.24, 2.45) is 0 Å². The molecule has 7 nitrogen and oxygen atoms in total. The Labute approximate surface area is 165 Å². The average Bonchev–Trinajstić information content (AvgIpc) is 3.36. The van der Waals surface area contributed by atoms with Gasteiger partial charge >= 0.3 is 0 Å². The molecule has 0 aliphatic heterocycles. The third kappa shape index (κ3) is 4.18. The number of hydrogen-bond acceptors (Lipinski definition) is 6. The summed E-state index contributed by atoms with van der Waals surface area (Å²) >= 11 is 0. The molecule has 4 rings (SSSR count). The maximum atomic E-state index is 13.7. The molecule has 0 atom stereocenters. The predicted molar refractivity (Wildman–Crippen MR) is 101 cm³/mol. The van der Waals surface area contributed by atoms with Crippen molar-refractivity contribution in [2.75, 3.05) is 0 Å². The van der Waals surface area contributed by atoms with Crippen molar-refractivity contribution in [1.29, 1.82) is 0 Å². The van der Waals surface area contributed by atoms with Crippen LogP contribution < -0.4 is 0 Å². The van der Waals surface area contributed by atoms with Gasteiger partial charge in [0.05, 0.1) is 6.54 Å². The molecule has 4 aromatic rings. The van der Waals surface area contributed by atoms with Gasteiger partial charge in [-0.25, -0.2) is 8.78 Å². The quantitative estimate of drug-likeness (QED) is 0.491. The second kappa shape index (κ2) is 7.86.